The van der Waals surface area contributed by atoms with Crippen molar-refractivity contribution < 1.29 is 33.5 Å². The first-order valence-corrected chi connectivity index (χ1v) is 14.8. The predicted molar refractivity (Wildman–Crippen MR) is 168 cm³/mol. The molecule has 6 rings (SSSR count). The van der Waals surface area contributed by atoms with Crippen molar-refractivity contribution in [1.29, 1.82) is 5.26 Å². The van der Waals surface area contributed by atoms with Gasteiger partial charge in [0.15, 0.2) is 5.75 Å². The number of nitrogens with zero attached hydrogens (tertiary/aromatic N) is 4. The Morgan fingerprint density at radius 3 is 2.15 bits per heavy atom. The Labute approximate surface area is 273 Å². The average molecular weight is 643 g/mol. The summed E-state index contributed by atoms with van der Waals surface area (Å²) in [6.45, 7) is 4.03. The van der Waals surface area contributed by atoms with Crippen LogP contribution in [0.2, 0.25) is 0 Å². The Hall–Kier alpha value is -6.55. The molecule has 1 unspecified atom stereocenters. The van der Waals surface area contributed by atoms with E-state index < -0.39 is 46.8 Å². The van der Waals surface area contributed by atoms with Crippen LogP contribution >= 0.6 is 0 Å². The third-order valence-corrected chi connectivity index (χ3v) is 8.31. The molecule has 0 bridgehead atoms. The van der Waals surface area contributed by atoms with E-state index in [0.29, 0.717) is 11.5 Å². The maximum absolute atomic E-state index is 13.1. The number of anilines is 1. The summed E-state index contributed by atoms with van der Waals surface area (Å²) >= 11 is 0. The lowest BCUT2D eigenvalue weighted by atomic mass is 9.78. The quantitative estimate of drug-likeness (QED) is 0.163. The number of aromatic nitrogens is 2. The maximum Gasteiger partial charge on any atom is 0.296 e. The molecule has 1 aromatic heterocycles. The number of Topliss-reactive ketones (excluding diaryl/α,β-unsaturated/α-hetero) is 1. The molecule has 0 aliphatic carbocycles. The molecule has 3 heterocycles. The van der Waals surface area contributed by atoms with E-state index in [0.717, 1.165) is 16.0 Å². The zero-order valence-corrected chi connectivity index (χ0v) is 25.6. The molecule has 1 atom stereocenters. The first-order valence-electron chi connectivity index (χ1n) is 14.8. The summed E-state index contributed by atoms with van der Waals surface area (Å²) in [5, 5.41) is 13.5. The first kappa shape index (κ1) is 31.4. The second kappa shape index (κ2) is 12.3. The number of piperidine rings is 1. The fourth-order valence-corrected chi connectivity index (χ4v) is 5.58. The van der Waals surface area contributed by atoms with Gasteiger partial charge in [-0.15, -0.1) is 0 Å². The van der Waals surface area contributed by atoms with E-state index in [1.807, 2.05) is 32.0 Å². The van der Waals surface area contributed by atoms with Gasteiger partial charge in [-0.05, 0) is 47.9 Å². The van der Waals surface area contributed by atoms with E-state index in [-0.39, 0.29) is 41.0 Å². The number of benzene rings is 3. The smallest absolute Gasteiger partial charge is 0.296 e. The van der Waals surface area contributed by atoms with Crippen LogP contribution in [0.3, 0.4) is 0 Å². The number of hydrogen-bond donors (Lipinski definition) is 2. The standard InChI is InChI=1S/C35H26N6O7/c1-35(2,21-7-10-23(11-8-21)48-24-17-37-28(16-36)38-18-24)20-5-3-19(4-6-20)30(43)32(45)39-22-9-12-25-26(15-22)34(47)41(33(25)46)27-13-14-29(42)40-31(27)44/h3-12,15,17-18,27H,13-14H2,1-2H3,(H,39,45)(H,40,42,44). The highest BCUT2D eigenvalue weighted by Crippen LogP contribution is 2.34. The van der Waals surface area contributed by atoms with Gasteiger partial charge >= 0.3 is 0 Å². The fourth-order valence-electron chi connectivity index (χ4n) is 5.58. The number of ether oxygens (including phenoxy) is 1. The van der Waals surface area contributed by atoms with Crippen LogP contribution in [0, 0.1) is 11.3 Å². The molecule has 2 aliphatic heterocycles. The SMILES string of the molecule is CC(C)(c1ccc(Oc2cnc(C#N)nc2)cc1)c1ccc(C(=O)C(=O)Nc2ccc3c(c2)C(=O)N(C2CCC(=O)NC2=O)C3=O)cc1. The van der Waals surface area contributed by atoms with E-state index in [9.17, 15) is 28.8 Å². The molecule has 1 saturated heterocycles. The Balaban J connectivity index is 1.10. The Kier molecular flexibility index (Phi) is 8.08. The predicted octanol–water partition coefficient (Wildman–Crippen LogP) is 3.69. The van der Waals surface area contributed by atoms with Crippen molar-refractivity contribution in [3.05, 3.63) is 113 Å². The third-order valence-electron chi connectivity index (χ3n) is 8.31. The van der Waals surface area contributed by atoms with Crippen molar-refractivity contribution in [1.82, 2.24) is 20.2 Å². The maximum atomic E-state index is 13.1. The number of rotatable bonds is 8. The van der Waals surface area contributed by atoms with Crippen LogP contribution in [0.25, 0.3) is 0 Å². The monoisotopic (exact) mass is 642 g/mol. The van der Waals surface area contributed by atoms with Gasteiger partial charge in [0.05, 0.1) is 23.5 Å². The number of amides is 5. The van der Waals surface area contributed by atoms with E-state index >= 15 is 0 Å². The van der Waals surface area contributed by atoms with Crippen LogP contribution in [0.5, 0.6) is 11.5 Å². The summed E-state index contributed by atoms with van der Waals surface area (Å²) in [4.78, 5) is 84.4. The number of nitrogens with one attached hydrogen (secondary N) is 2. The molecule has 1 fully saturated rings. The number of nitriles is 1. The largest absolute Gasteiger partial charge is 0.454 e. The third kappa shape index (κ3) is 5.90. The van der Waals surface area contributed by atoms with Crippen LogP contribution in [0.1, 0.15) is 74.7 Å². The van der Waals surface area contributed by atoms with Crippen LogP contribution in [-0.4, -0.2) is 56.2 Å². The van der Waals surface area contributed by atoms with Gasteiger partial charge in [0, 0.05) is 23.1 Å². The highest BCUT2D eigenvalue weighted by molar-refractivity contribution is 6.46. The second-order valence-corrected chi connectivity index (χ2v) is 11.7. The zero-order valence-electron chi connectivity index (χ0n) is 25.6. The van der Waals surface area contributed by atoms with Crippen LogP contribution in [-0.2, 0) is 19.8 Å². The zero-order chi connectivity index (χ0) is 34.2. The van der Waals surface area contributed by atoms with Gasteiger partial charge < -0.3 is 10.1 Å². The Bertz CT molecular complexity index is 2050. The molecule has 2 N–H and O–H groups in total. The van der Waals surface area contributed by atoms with E-state index in [1.54, 1.807) is 36.4 Å². The number of carbonyl (C=O) groups excluding carboxylic acids is 6. The first-order chi connectivity index (χ1) is 23.0. The lowest BCUT2D eigenvalue weighted by Gasteiger charge is -2.27. The summed E-state index contributed by atoms with van der Waals surface area (Å²) < 4.78 is 5.76. The van der Waals surface area contributed by atoms with Gasteiger partial charge in [-0.3, -0.25) is 39.0 Å². The molecule has 238 valence electrons. The van der Waals surface area contributed by atoms with Gasteiger partial charge in [0.25, 0.3) is 23.5 Å². The average Bonchev–Trinajstić information content (AvgIpc) is 3.33. The Morgan fingerprint density at radius 1 is 0.896 bits per heavy atom. The van der Waals surface area contributed by atoms with Crippen molar-refractivity contribution in [2.24, 2.45) is 0 Å². The topological polar surface area (TPSA) is 189 Å². The van der Waals surface area contributed by atoms with Gasteiger partial charge in [-0.2, -0.15) is 5.26 Å². The van der Waals surface area contributed by atoms with E-state index in [2.05, 4.69) is 20.6 Å². The summed E-state index contributed by atoms with van der Waals surface area (Å²) in [6.07, 6.45) is 2.84. The van der Waals surface area contributed by atoms with Gasteiger partial charge in [0.2, 0.25) is 17.6 Å². The number of hydrogen-bond acceptors (Lipinski definition) is 10. The van der Waals surface area contributed by atoms with Gasteiger partial charge in [0.1, 0.15) is 17.9 Å². The fraction of sp³-hybridized carbons (Fsp3) is 0.171. The molecule has 0 spiro atoms. The normalized spacial score (nSPS) is 15.8. The van der Waals surface area contributed by atoms with Crippen molar-refractivity contribution in [2.45, 2.75) is 38.1 Å². The molecule has 13 nitrogen and oxygen atoms in total. The molecule has 13 heteroatoms. The molecule has 4 aromatic rings. The summed E-state index contributed by atoms with van der Waals surface area (Å²) in [6, 6.07) is 18.8. The van der Waals surface area contributed by atoms with Gasteiger partial charge in [-0.1, -0.05) is 50.2 Å². The van der Waals surface area contributed by atoms with Crippen molar-refractivity contribution in [3.8, 4) is 17.6 Å². The minimum Gasteiger partial charge on any atom is -0.454 e. The molecule has 0 radical (unpaired) electrons. The molecule has 3 aromatic carbocycles. The van der Waals surface area contributed by atoms with Crippen LogP contribution < -0.4 is 15.4 Å². The number of carbonyl (C=O) groups is 6. The highest BCUT2D eigenvalue weighted by Gasteiger charge is 2.44. The summed E-state index contributed by atoms with van der Waals surface area (Å²) in [7, 11) is 0. The molecule has 48 heavy (non-hydrogen) atoms. The van der Waals surface area contributed by atoms with Crippen LogP contribution in [0.15, 0.2) is 79.1 Å². The highest BCUT2D eigenvalue weighted by atomic mass is 16.5. The minimum atomic E-state index is -1.12. The molecule has 0 saturated carbocycles. The number of imide groups is 2. The van der Waals surface area contributed by atoms with Crippen molar-refractivity contribution in [3.63, 3.8) is 0 Å². The van der Waals surface area contributed by atoms with E-state index in [4.69, 9.17) is 10.00 Å². The Morgan fingerprint density at radius 2 is 1.52 bits per heavy atom. The molecular formula is C35H26N6O7. The van der Waals surface area contributed by atoms with Crippen molar-refractivity contribution in [2.75, 3.05) is 5.32 Å². The lowest BCUT2D eigenvalue weighted by Crippen LogP contribution is -2.54. The van der Waals surface area contributed by atoms with E-state index in [1.165, 1.54) is 30.6 Å². The molecule has 5 amide bonds. The number of fused-ring (bicyclic) bond motifs is 1. The number of ketones is 1. The lowest BCUT2D eigenvalue weighted by molar-refractivity contribution is -0.136. The second-order valence-electron chi connectivity index (χ2n) is 11.7. The molecule has 2 aliphatic rings. The summed E-state index contributed by atoms with van der Waals surface area (Å²) in [5.74, 6) is -3.36. The van der Waals surface area contributed by atoms with Gasteiger partial charge in [-0.25, -0.2) is 9.97 Å². The van der Waals surface area contributed by atoms with Crippen molar-refractivity contribution >= 4 is 41.0 Å². The molecular weight excluding hydrogens is 616 g/mol. The summed E-state index contributed by atoms with van der Waals surface area (Å²) in [5.41, 5.74) is 1.67. The minimum absolute atomic E-state index is 0.00720. The van der Waals surface area contributed by atoms with Crippen LogP contribution in [0.4, 0.5) is 5.69 Å².